The third-order valence-electron chi connectivity index (χ3n) is 4.16. The molecule has 0 spiro atoms. The summed E-state index contributed by atoms with van der Waals surface area (Å²) in [6.07, 6.45) is 0. The van der Waals surface area contributed by atoms with Gasteiger partial charge in [-0.25, -0.2) is 0 Å². The molecule has 2 rings (SSSR count). The SMILES string of the molecule is CC(c1cccc2ccccc12)N(C)CC(C)(C)CN. The highest BCUT2D eigenvalue weighted by Crippen LogP contribution is 2.29. The molecule has 0 heterocycles. The van der Waals surface area contributed by atoms with Crippen LogP contribution in [0.5, 0.6) is 0 Å². The van der Waals surface area contributed by atoms with Crippen molar-refractivity contribution in [1.29, 1.82) is 0 Å². The molecule has 108 valence electrons. The lowest BCUT2D eigenvalue weighted by Crippen LogP contribution is -2.37. The molecule has 2 heteroatoms. The summed E-state index contributed by atoms with van der Waals surface area (Å²) in [6, 6.07) is 15.5. The number of nitrogens with zero attached hydrogens (tertiary/aromatic N) is 1. The first-order valence-electron chi connectivity index (χ1n) is 7.32. The number of hydrogen-bond acceptors (Lipinski definition) is 2. The van der Waals surface area contributed by atoms with Crippen LogP contribution in [0, 0.1) is 5.41 Å². The lowest BCUT2D eigenvalue weighted by Gasteiger charge is -2.33. The summed E-state index contributed by atoms with van der Waals surface area (Å²) in [4.78, 5) is 2.40. The number of benzene rings is 2. The number of hydrogen-bond donors (Lipinski definition) is 1. The first-order chi connectivity index (χ1) is 9.44. The fraction of sp³-hybridized carbons (Fsp3) is 0.444. The molecule has 0 amide bonds. The molecule has 0 aliphatic heterocycles. The van der Waals surface area contributed by atoms with Crippen LogP contribution in [0.15, 0.2) is 42.5 Å². The van der Waals surface area contributed by atoms with Gasteiger partial charge < -0.3 is 5.73 Å². The minimum Gasteiger partial charge on any atom is -0.330 e. The van der Waals surface area contributed by atoms with E-state index in [1.165, 1.54) is 16.3 Å². The van der Waals surface area contributed by atoms with Gasteiger partial charge in [0.15, 0.2) is 0 Å². The normalized spacial score (nSPS) is 13.9. The van der Waals surface area contributed by atoms with E-state index in [4.69, 9.17) is 5.73 Å². The summed E-state index contributed by atoms with van der Waals surface area (Å²) in [5, 5.41) is 2.66. The van der Waals surface area contributed by atoms with Crippen molar-refractivity contribution in [2.24, 2.45) is 11.1 Å². The molecule has 2 aromatic carbocycles. The Hall–Kier alpha value is -1.38. The van der Waals surface area contributed by atoms with E-state index < -0.39 is 0 Å². The molecule has 2 nitrogen and oxygen atoms in total. The molecule has 1 unspecified atom stereocenters. The van der Waals surface area contributed by atoms with Gasteiger partial charge in [-0.15, -0.1) is 0 Å². The molecule has 0 aliphatic rings. The lowest BCUT2D eigenvalue weighted by atomic mass is 9.91. The van der Waals surface area contributed by atoms with Gasteiger partial charge in [0.1, 0.15) is 0 Å². The van der Waals surface area contributed by atoms with Crippen molar-refractivity contribution in [2.75, 3.05) is 20.1 Å². The molecule has 0 aliphatic carbocycles. The van der Waals surface area contributed by atoms with E-state index in [0.29, 0.717) is 12.6 Å². The lowest BCUT2D eigenvalue weighted by molar-refractivity contribution is 0.175. The molecule has 20 heavy (non-hydrogen) atoms. The molecule has 2 aromatic rings. The molecule has 2 N–H and O–H groups in total. The zero-order valence-corrected chi connectivity index (χ0v) is 13.1. The van der Waals surface area contributed by atoms with E-state index in [1.807, 2.05) is 0 Å². The van der Waals surface area contributed by atoms with Gasteiger partial charge in [-0.1, -0.05) is 56.3 Å². The fourth-order valence-electron chi connectivity index (χ4n) is 2.73. The van der Waals surface area contributed by atoms with Gasteiger partial charge in [0.25, 0.3) is 0 Å². The summed E-state index contributed by atoms with van der Waals surface area (Å²) >= 11 is 0. The molecule has 0 aromatic heterocycles. The number of fused-ring (bicyclic) bond motifs is 1. The monoisotopic (exact) mass is 270 g/mol. The molecule has 0 bridgehead atoms. The topological polar surface area (TPSA) is 29.3 Å². The largest absolute Gasteiger partial charge is 0.330 e. The zero-order chi connectivity index (χ0) is 14.8. The molecule has 0 fully saturated rings. The van der Waals surface area contributed by atoms with Crippen LogP contribution in [0.3, 0.4) is 0 Å². The Morgan fingerprint density at radius 1 is 1.10 bits per heavy atom. The van der Waals surface area contributed by atoms with Gasteiger partial charge in [-0.3, -0.25) is 4.90 Å². The number of nitrogens with two attached hydrogens (primary N) is 1. The van der Waals surface area contributed by atoms with Crippen LogP contribution in [0.2, 0.25) is 0 Å². The van der Waals surface area contributed by atoms with Crippen LogP contribution in [-0.4, -0.2) is 25.0 Å². The highest BCUT2D eigenvalue weighted by Gasteiger charge is 2.22. The first-order valence-corrected chi connectivity index (χ1v) is 7.32. The summed E-state index contributed by atoms with van der Waals surface area (Å²) in [6.45, 7) is 8.42. The van der Waals surface area contributed by atoms with Crippen molar-refractivity contribution in [1.82, 2.24) is 4.90 Å². The third kappa shape index (κ3) is 3.20. The van der Waals surface area contributed by atoms with Crippen LogP contribution in [0.4, 0.5) is 0 Å². The van der Waals surface area contributed by atoms with Gasteiger partial charge in [-0.05, 0) is 42.3 Å². The van der Waals surface area contributed by atoms with Crippen LogP contribution in [0.1, 0.15) is 32.4 Å². The molecule has 0 saturated carbocycles. The van der Waals surface area contributed by atoms with Crippen molar-refractivity contribution in [3.8, 4) is 0 Å². The van der Waals surface area contributed by atoms with E-state index in [1.54, 1.807) is 0 Å². The average Bonchev–Trinajstić information content (AvgIpc) is 2.45. The molecule has 1 atom stereocenters. The Morgan fingerprint density at radius 2 is 1.75 bits per heavy atom. The Balaban J connectivity index is 2.29. The maximum Gasteiger partial charge on any atom is 0.0323 e. The minimum absolute atomic E-state index is 0.146. The highest BCUT2D eigenvalue weighted by molar-refractivity contribution is 5.86. The predicted octanol–water partition coefficient (Wildman–Crippen LogP) is 3.82. The number of rotatable bonds is 5. The summed E-state index contributed by atoms with van der Waals surface area (Å²) in [5.74, 6) is 0. The van der Waals surface area contributed by atoms with Gasteiger partial charge in [0.05, 0.1) is 0 Å². The Morgan fingerprint density at radius 3 is 2.45 bits per heavy atom. The second kappa shape index (κ2) is 5.94. The second-order valence-electron chi connectivity index (χ2n) is 6.53. The van der Waals surface area contributed by atoms with Gasteiger partial charge in [0, 0.05) is 12.6 Å². The summed E-state index contributed by atoms with van der Waals surface area (Å²) in [5.41, 5.74) is 7.39. The quantitative estimate of drug-likeness (QED) is 0.895. The van der Waals surface area contributed by atoms with Crippen molar-refractivity contribution >= 4 is 10.8 Å². The molecule has 0 radical (unpaired) electrons. The standard InChI is InChI=1S/C18H26N2/c1-14(20(4)13-18(2,3)12-19)16-11-7-9-15-8-5-6-10-17(15)16/h5-11,14H,12-13,19H2,1-4H3. The van der Waals surface area contributed by atoms with E-state index >= 15 is 0 Å². The zero-order valence-electron chi connectivity index (χ0n) is 13.1. The average molecular weight is 270 g/mol. The highest BCUT2D eigenvalue weighted by atomic mass is 15.1. The van der Waals surface area contributed by atoms with Gasteiger partial charge in [0.2, 0.25) is 0 Å². The summed E-state index contributed by atoms with van der Waals surface area (Å²) < 4.78 is 0. The first kappa shape index (κ1) is 15.0. The van der Waals surface area contributed by atoms with Crippen LogP contribution < -0.4 is 5.73 Å². The van der Waals surface area contributed by atoms with Gasteiger partial charge in [-0.2, -0.15) is 0 Å². The maximum atomic E-state index is 5.86. The van der Waals surface area contributed by atoms with Crippen LogP contribution in [-0.2, 0) is 0 Å². The Kier molecular flexibility index (Phi) is 4.46. The van der Waals surface area contributed by atoms with E-state index in [2.05, 4.69) is 75.2 Å². The van der Waals surface area contributed by atoms with Crippen molar-refractivity contribution in [3.63, 3.8) is 0 Å². The predicted molar refractivity (Wildman–Crippen MR) is 87.8 cm³/mol. The van der Waals surface area contributed by atoms with Crippen molar-refractivity contribution < 1.29 is 0 Å². The van der Waals surface area contributed by atoms with Crippen molar-refractivity contribution in [3.05, 3.63) is 48.0 Å². The Labute approximate surface area is 122 Å². The fourth-order valence-corrected chi connectivity index (χ4v) is 2.73. The molecular formula is C18H26N2. The van der Waals surface area contributed by atoms with Crippen LogP contribution in [0.25, 0.3) is 10.8 Å². The van der Waals surface area contributed by atoms with E-state index in [-0.39, 0.29) is 5.41 Å². The van der Waals surface area contributed by atoms with Crippen molar-refractivity contribution in [2.45, 2.75) is 26.8 Å². The van der Waals surface area contributed by atoms with Crippen LogP contribution >= 0.6 is 0 Å². The molecule has 0 saturated heterocycles. The minimum atomic E-state index is 0.146. The summed E-state index contributed by atoms with van der Waals surface area (Å²) in [7, 11) is 2.18. The van der Waals surface area contributed by atoms with E-state index in [0.717, 1.165) is 6.54 Å². The smallest absolute Gasteiger partial charge is 0.0323 e. The maximum absolute atomic E-state index is 5.86. The second-order valence-corrected chi connectivity index (χ2v) is 6.53. The molecular weight excluding hydrogens is 244 g/mol. The van der Waals surface area contributed by atoms with Gasteiger partial charge >= 0.3 is 0 Å². The third-order valence-corrected chi connectivity index (χ3v) is 4.16. The van der Waals surface area contributed by atoms with E-state index in [9.17, 15) is 0 Å². The Bertz CT molecular complexity index is 569.